The van der Waals surface area contributed by atoms with E-state index in [0.29, 0.717) is 43.3 Å². The molecule has 3 fully saturated rings. The Morgan fingerprint density at radius 3 is 2.49 bits per heavy atom. The van der Waals surface area contributed by atoms with Gasteiger partial charge in [0.25, 0.3) is 5.91 Å². The van der Waals surface area contributed by atoms with E-state index in [0.717, 1.165) is 38.2 Å². The number of nitriles is 1. The van der Waals surface area contributed by atoms with Crippen LogP contribution < -0.4 is 10.6 Å². The fourth-order valence-electron chi connectivity index (χ4n) is 4.82. The molecule has 3 aliphatic rings. The van der Waals surface area contributed by atoms with Gasteiger partial charge in [-0.15, -0.1) is 0 Å². The van der Waals surface area contributed by atoms with Gasteiger partial charge in [-0.2, -0.15) is 5.26 Å². The molecule has 3 saturated heterocycles. The minimum atomic E-state index is -0.451. The number of carbonyl (C=O) groups excluding carboxylic acids is 3. The first-order valence-electron chi connectivity index (χ1n) is 12.8. The summed E-state index contributed by atoms with van der Waals surface area (Å²) in [5.74, 6) is -0.412. The van der Waals surface area contributed by atoms with Gasteiger partial charge in [0, 0.05) is 53.4 Å². The van der Waals surface area contributed by atoms with Crippen molar-refractivity contribution in [2.45, 2.75) is 51.7 Å². The zero-order valence-electron chi connectivity index (χ0n) is 20.8. The quantitative estimate of drug-likeness (QED) is 0.367. The number of likely N-dealkylation sites (tertiary alicyclic amines) is 2. The van der Waals surface area contributed by atoms with Gasteiger partial charge in [-0.1, -0.05) is 25.3 Å². The second-order valence-corrected chi connectivity index (χ2v) is 10.5. The molecule has 0 spiro atoms. The average molecular weight is 531 g/mol. The Morgan fingerprint density at radius 1 is 1.14 bits per heavy atom. The predicted octanol–water partition coefficient (Wildman–Crippen LogP) is 3.97. The van der Waals surface area contributed by atoms with Crippen molar-refractivity contribution in [3.63, 3.8) is 0 Å². The van der Waals surface area contributed by atoms with Crippen LogP contribution in [0, 0.1) is 11.3 Å². The topological polar surface area (TPSA) is 109 Å². The highest BCUT2D eigenvalue weighted by Gasteiger charge is 2.39. The van der Waals surface area contributed by atoms with E-state index in [2.05, 4.69) is 21.6 Å². The van der Waals surface area contributed by atoms with Crippen LogP contribution in [0.1, 0.15) is 49.3 Å². The SMILES string of the molecule is C.CCN1C(=O)C(CNc2cccc(NC(=O)CCN3CCCC3)c2)S/C1=C(/C#N)C(=O)N1CCCC1.[HH].[HH]. The molecule has 1 aromatic rings. The Labute approximate surface area is 227 Å². The summed E-state index contributed by atoms with van der Waals surface area (Å²) in [5, 5.41) is 16.0. The van der Waals surface area contributed by atoms with E-state index in [9.17, 15) is 19.6 Å². The highest BCUT2D eigenvalue weighted by molar-refractivity contribution is 8.04. The summed E-state index contributed by atoms with van der Waals surface area (Å²) in [5.41, 5.74) is 1.55. The molecule has 1 atom stereocenters. The van der Waals surface area contributed by atoms with Crippen LogP contribution in [-0.2, 0) is 14.4 Å². The van der Waals surface area contributed by atoms with E-state index in [1.54, 1.807) is 9.80 Å². The Morgan fingerprint density at radius 2 is 1.81 bits per heavy atom. The molecule has 1 unspecified atom stereocenters. The van der Waals surface area contributed by atoms with Crippen molar-refractivity contribution < 1.29 is 17.2 Å². The van der Waals surface area contributed by atoms with Crippen LogP contribution in [-0.4, -0.2) is 83.5 Å². The molecule has 10 heteroatoms. The molecule has 3 aliphatic heterocycles. The monoisotopic (exact) mass is 530 g/mol. The maximum atomic E-state index is 13.1. The number of rotatable bonds is 9. The van der Waals surface area contributed by atoms with Gasteiger partial charge in [0.05, 0.1) is 0 Å². The second kappa shape index (κ2) is 13.5. The van der Waals surface area contributed by atoms with E-state index >= 15 is 0 Å². The molecule has 2 N–H and O–H groups in total. The third-order valence-corrected chi connectivity index (χ3v) is 8.08. The lowest BCUT2D eigenvalue weighted by molar-refractivity contribution is -0.127. The molecule has 9 nitrogen and oxygen atoms in total. The smallest absolute Gasteiger partial charge is 0.267 e. The molecule has 0 radical (unpaired) electrons. The van der Waals surface area contributed by atoms with Gasteiger partial charge in [0.2, 0.25) is 11.8 Å². The number of anilines is 2. The number of hydrogen-bond acceptors (Lipinski definition) is 7. The number of nitrogens with one attached hydrogen (secondary N) is 2. The number of benzene rings is 1. The summed E-state index contributed by atoms with van der Waals surface area (Å²) in [7, 11) is 0. The van der Waals surface area contributed by atoms with Gasteiger partial charge in [0.15, 0.2) is 0 Å². The first kappa shape index (κ1) is 28.5. The van der Waals surface area contributed by atoms with Crippen LogP contribution in [0.2, 0.25) is 0 Å². The third kappa shape index (κ3) is 7.05. The largest absolute Gasteiger partial charge is 0.383 e. The highest BCUT2D eigenvalue weighted by Crippen LogP contribution is 2.38. The third-order valence-electron chi connectivity index (χ3n) is 6.78. The van der Waals surface area contributed by atoms with Gasteiger partial charge in [0.1, 0.15) is 21.9 Å². The average Bonchev–Trinajstić information content (AvgIpc) is 3.65. The zero-order chi connectivity index (χ0) is 25.5. The molecule has 0 aromatic heterocycles. The van der Waals surface area contributed by atoms with Gasteiger partial charge in [-0.05, 0) is 63.9 Å². The van der Waals surface area contributed by atoms with Crippen molar-refractivity contribution >= 4 is 40.9 Å². The van der Waals surface area contributed by atoms with Crippen LogP contribution in [0.25, 0.3) is 0 Å². The Kier molecular flexibility index (Phi) is 10.4. The number of thioether (sulfide) groups is 1. The Hall–Kier alpha value is -3.03. The molecular formula is C27H42N6O3S. The summed E-state index contributed by atoms with van der Waals surface area (Å²) >= 11 is 1.27. The van der Waals surface area contributed by atoms with Crippen LogP contribution in [0.5, 0.6) is 0 Å². The van der Waals surface area contributed by atoms with Gasteiger partial charge < -0.3 is 25.3 Å². The van der Waals surface area contributed by atoms with E-state index in [-0.39, 0.29) is 33.6 Å². The number of amides is 3. The first-order chi connectivity index (χ1) is 17.5. The van der Waals surface area contributed by atoms with Crippen molar-refractivity contribution in [2.24, 2.45) is 0 Å². The molecule has 37 heavy (non-hydrogen) atoms. The van der Waals surface area contributed by atoms with Crippen LogP contribution >= 0.6 is 11.8 Å². The lowest BCUT2D eigenvalue weighted by Gasteiger charge is -2.19. The van der Waals surface area contributed by atoms with Gasteiger partial charge in [-0.25, -0.2) is 0 Å². The lowest BCUT2D eigenvalue weighted by atomic mass is 10.2. The molecule has 0 aliphatic carbocycles. The summed E-state index contributed by atoms with van der Waals surface area (Å²) in [6.07, 6.45) is 4.75. The normalized spacial score (nSPS) is 21.0. The van der Waals surface area contributed by atoms with E-state index in [1.165, 1.54) is 24.6 Å². The Balaban J connectivity index is 0.00000253. The number of nitrogens with zero attached hydrogens (tertiary/aromatic N) is 4. The number of hydrogen-bond donors (Lipinski definition) is 2. The summed E-state index contributed by atoms with van der Waals surface area (Å²) in [6, 6.07) is 9.50. The molecular weight excluding hydrogens is 488 g/mol. The molecule has 4 rings (SSSR count). The maximum Gasteiger partial charge on any atom is 0.267 e. The van der Waals surface area contributed by atoms with Crippen molar-refractivity contribution in [2.75, 3.05) is 56.4 Å². The predicted molar refractivity (Wildman–Crippen MR) is 152 cm³/mol. The van der Waals surface area contributed by atoms with E-state index in [1.807, 2.05) is 31.2 Å². The molecule has 3 heterocycles. The summed E-state index contributed by atoms with van der Waals surface area (Å²) in [6.45, 7) is 6.80. The molecule has 3 amide bonds. The lowest BCUT2D eigenvalue weighted by Crippen LogP contribution is -2.34. The maximum absolute atomic E-state index is 13.1. The summed E-state index contributed by atoms with van der Waals surface area (Å²) < 4.78 is 0. The highest BCUT2D eigenvalue weighted by atomic mass is 32.2. The molecule has 0 bridgehead atoms. The fraction of sp³-hybridized carbons (Fsp3) is 0.556. The van der Waals surface area contributed by atoms with Gasteiger partial charge in [-0.3, -0.25) is 14.4 Å². The standard InChI is InChI=1S/C26H34N6O3S.CH4.2H2/c1-2-32-25(35)22(36-26(32)21(17-27)24(34)31-13-5-6-14-31)18-28-19-8-7-9-20(16-19)29-23(33)10-15-30-11-3-4-12-30;;;/h7-9,16,22,28H,2-6,10-15,18H2,1H3,(H,29,33);1H4;2*1H/b26-21-;;;. The van der Waals surface area contributed by atoms with Crippen molar-refractivity contribution in [3.05, 3.63) is 34.9 Å². The molecule has 0 saturated carbocycles. The van der Waals surface area contributed by atoms with Crippen LogP contribution in [0.4, 0.5) is 11.4 Å². The Bertz CT molecular complexity index is 1070. The first-order valence-corrected chi connectivity index (χ1v) is 13.7. The molecule has 204 valence electrons. The minimum absolute atomic E-state index is 0. The fourth-order valence-corrected chi connectivity index (χ4v) is 6.08. The zero-order valence-corrected chi connectivity index (χ0v) is 21.6. The van der Waals surface area contributed by atoms with Crippen molar-refractivity contribution in [3.8, 4) is 6.07 Å². The van der Waals surface area contributed by atoms with Crippen LogP contribution in [0.15, 0.2) is 34.9 Å². The van der Waals surface area contributed by atoms with Crippen LogP contribution in [0.3, 0.4) is 0 Å². The van der Waals surface area contributed by atoms with Gasteiger partial charge >= 0.3 is 0 Å². The van der Waals surface area contributed by atoms with E-state index in [4.69, 9.17) is 0 Å². The van der Waals surface area contributed by atoms with E-state index < -0.39 is 5.25 Å². The number of carbonyl (C=O) groups is 3. The summed E-state index contributed by atoms with van der Waals surface area (Å²) in [4.78, 5) is 43.9. The molecule has 1 aromatic carbocycles. The van der Waals surface area contributed by atoms with Crippen molar-refractivity contribution in [1.29, 1.82) is 5.26 Å². The second-order valence-electron chi connectivity index (χ2n) is 9.29. The minimum Gasteiger partial charge on any atom is -0.383 e. The van der Waals surface area contributed by atoms with Crippen molar-refractivity contribution in [1.82, 2.24) is 14.7 Å².